The van der Waals surface area contributed by atoms with Gasteiger partial charge in [0.25, 0.3) is 0 Å². The van der Waals surface area contributed by atoms with E-state index in [0.717, 1.165) is 18.5 Å². The molecule has 3 aliphatic carbocycles. The minimum Gasteiger partial charge on any atom is -0.504 e. The van der Waals surface area contributed by atoms with Gasteiger partial charge in [0.05, 0.1) is 11.0 Å². The zero-order valence-electron chi connectivity index (χ0n) is 11.3. The molecule has 108 valence electrons. The minimum atomic E-state index is -0.935. The lowest BCUT2D eigenvalue weighted by Gasteiger charge is -2.56. The van der Waals surface area contributed by atoms with Crippen LogP contribution in [0.2, 0.25) is 0 Å². The second kappa shape index (κ2) is 2.71. The molecule has 2 spiro atoms. The molecule has 3 fully saturated rings. The number of ether oxygens (including phenoxy) is 1. The summed E-state index contributed by atoms with van der Waals surface area (Å²) in [6.45, 7) is 0.833. The van der Waals surface area contributed by atoms with Crippen molar-refractivity contribution in [2.75, 3.05) is 6.54 Å². The summed E-state index contributed by atoms with van der Waals surface area (Å²) >= 11 is 0. The molecule has 5 unspecified atom stereocenters. The Hall–Kier alpha value is -1.59. The SMILES string of the molecule is O=C1CCC2(O)C3NCC34CC23c2c4ccc(O)c2OC13. The van der Waals surface area contributed by atoms with Crippen molar-refractivity contribution in [3.05, 3.63) is 23.3 Å². The number of ketones is 1. The van der Waals surface area contributed by atoms with Crippen molar-refractivity contribution < 1.29 is 19.7 Å². The van der Waals surface area contributed by atoms with E-state index in [1.807, 2.05) is 6.07 Å². The summed E-state index contributed by atoms with van der Waals surface area (Å²) in [6, 6.07) is 3.63. The van der Waals surface area contributed by atoms with Crippen molar-refractivity contribution in [1.29, 1.82) is 0 Å². The number of hydrogen-bond acceptors (Lipinski definition) is 5. The van der Waals surface area contributed by atoms with E-state index in [1.165, 1.54) is 5.56 Å². The van der Waals surface area contributed by atoms with Crippen LogP contribution in [0.3, 0.4) is 0 Å². The third-order valence-electron chi connectivity index (χ3n) is 6.87. The summed E-state index contributed by atoms with van der Waals surface area (Å²) in [5.74, 6) is 0.577. The molecule has 5 heteroatoms. The molecule has 2 heterocycles. The van der Waals surface area contributed by atoms with Gasteiger partial charge in [-0.15, -0.1) is 0 Å². The second-order valence-electron chi connectivity index (χ2n) is 7.34. The predicted octanol–water partition coefficient (Wildman–Crippen LogP) is 0.112. The molecule has 1 aromatic carbocycles. The molecule has 2 aliphatic heterocycles. The molecule has 1 saturated heterocycles. The summed E-state index contributed by atoms with van der Waals surface area (Å²) < 4.78 is 5.89. The molecular formula is C16H15NO4. The van der Waals surface area contributed by atoms with Gasteiger partial charge in [0.1, 0.15) is 0 Å². The molecule has 5 aliphatic rings. The Morgan fingerprint density at radius 2 is 2.24 bits per heavy atom. The quantitative estimate of drug-likeness (QED) is 0.630. The van der Waals surface area contributed by atoms with Crippen molar-refractivity contribution in [2.24, 2.45) is 0 Å². The van der Waals surface area contributed by atoms with E-state index in [-0.39, 0.29) is 23.0 Å². The highest BCUT2D eigenvalue weighted by molar-refractivity contribution is 5.91. The number of fused-ring (bicyclic) bond motifs is 1. The van der Waals surface area contributed by atoms with Crippen LogP contribution in [0.1, 0.15) is 30.4 Å². The molecule has 5 nitrogen and oxygen atoms in total. The Labute approximate surface area is 120 Å². The highest BCUT2D eigenvalue weighted by Crippen LogP contribution is 2.75. The molecule has 0 aromatic heterocycles. The van der Waals surface area contributed by atoms with E-state index >= 15 is 0 Å². The number of aliphatic hydroxyl groups is 1. The van der Waals surface area contributed by atoms with Crippen molar-refractivity contribution in [2.45, 2.75) is 47.8 Å². The number of Topliss-reactive ketones (excluding diaryl/α,β-unsaturated/α-hetero) is 1. The van der Waals surface area contributed by atoms with Gasteiger partial charge in [0.2, 0.25) is 0 Å². The van der Waals surface area contributed by atoms with E-state index in [9.17, 15) is 15.0 Å². The number of phenols is 1. The highest BCUT2D eigenvalue weighted by atomic mass is 16.5. The van der Waals surface area contributed by atoms with Crippen molar-refractivity contribution in [1.82, 2.24) is 5.32 Å². The standard InChI is InChI=1S/C16H15NO4/c18-8-2-1-7-10-11(8)21-12-9(19)3-4-16(20)13-14(7,6-17-13)5-15(10,12)16/h1-2,12-13,17-18,20H,3-6H2. The fraction of sp³-hybridized carbons (Fsp3) is 0.562. The normalized spacial score (nSPS) is 50.4. The molecule has 0 radical (unpaired) electrons. The van der Waals surface area contributed by atoms with E-state index < -0.39 is 17.1 Å². The third-order valence-corrected chi connectivity index (χ3v) is 6.87. The average Bonchev–Trinajstić information content (AvgIpc) is 2.98. The second-order valence-corrected chi connectivity index (χ2v) is 7.34. The van der Waals surface area contributed by atoms with Gasteiger partial charge in [0, 0.05) is 30.0 Å². The number of carbonyl (C=O) groups excluding carboxylic acids is 1. The maximum absolute atomic E-state index is 12.4. The van der Waals surface area contributed by atoms with Crippen LogP contribution in [0.25, 0.3) is 0 Å². The number of aromatic hydroxyl groups is 1. The zero-order chi connectivity index (χ0) is 14.2. The fourth-order valence-electron chi connectivity index (χ4n) is 6.17. The lowest BCUT2D eigenvalue weighted by molar-refractivity contribution is -0.150. The Morgan fingerprint density at radius 3 is 3.00 bits per heavy atom. The molecule has 6 rings (SSSR count). The van der Waals surface area contributed by atoms with Crippen LogP contribution < -0.4 is 10.1 Å². The lowest BCUT2D eigenvalue weighted by atomic mass is 9.56. The van der Waals surface area contributed by atoms with E-state index in [2.05, 4.69) is 5.32 Å². The van der Waals surface area contributed by atoms with Gasteiger partial charge in [-0.05, 0) is 24.5 Å². The number of nitrogens with one attached hydrogen (secondary N) is 1. The summed E-state index contributed by atoms with van der Waals surface area (Å²) in [5, 5.41) is 25.0. The number of phenolic OH excluding ortho intramolecular Hbond substituents is 1. The Bertz CT molecular complexity index is 761. The Kier molecular flexibility index (Phi) is 1.42. The molecule has 1 aromatic rings. The molecule has 5 atom stereocenters. The van der Waals surface area contributed by atoms with Crippen LogP contribution in [0.15, 0.2) is 12.1 Å². The van der Waals surface area contributed by atoms with Gasteiger partial charge in [0.15, 0.2) is 23.4 Å². The summed E-state index contributed by atoms with van der Waals surface area (Å²) in [4.78, 5) is 12.4. The zero-order valence-corrected chi connectivity index (χ0v) is 11.3. The van der Waals surface area contributed by atoms with Gasteiger partial charge >= 0.3 is 0 Å². The molecular weight excluding hydrogens is 270 g/mol. The first-order valence-electron chi connectivity index (χ1n) is 7.57. The van der Waals surface area contributed by atoms with Crippen LogP contribution in [0.5, 0.6) is 11.5 Å². The molecule has 3 N–H and O–H groups in total. The number of carbonyl (C=O) groups is 1. The van der Waals surface area contributed by atoms with Crippen LogP contribution >= 0.6 is 0 Å². The summed E-state index contributed by atoms with van der Waals surface area (Å²) in [5.41, 5.74) is 0.413. The number of hydrogen-bond donors (Lipinski definition) is 3. The van der Waals surface area contributed by atoms with Crippen LogP contribution in [0, 0.1) is 0 Å². The molecule has 2 bridgehead atoms. The van der Waals surface area contributed by atoms with Crippen LogP contribution in [0.4, 0.5) is 0 Å². The van der Waals surface area contributed by atoms with Gasteiger partial charge < -0.3 is 20.3 Å². The Balaban J connectivity index is 1.79. The van der Waals surface area contributed by atoms with Crippen molar-refractivity contribution in [3.8, 4) is 11.5 Å². The maximum atomic E-state index is 12.4. The first-order chi connectivity index (χ1) is 10.0. The van der Waals surface area contributed by atoms with Crippen LogP contribution in [-0.2, 0) is 15.6 Å². The number of benzene rings is 1. The maximum Gasteiger partial charge on any atom is 0.174 e. The highest BCUT2D eigenvalue weighted by Gasteiger charge is 2.84. The molecule has 2 saturated carbocycles. The van der Waals surface area contributed by atoms with Gasteiger partial charge in [-0.3, -0.25) is 4.79 Å². The topological polar surface area (TPSA) is 78.8 Å². The number of rotatable bonds is 0. The molecule has 21 heavy (non-hydrogen) atoms. The van der Waals surface area contributed by atoms with Crippen LogP contribution in [-0.4, -0.2) is 40.3 Å². The van der Waals surface area contributed by atoms with Gasteiger partial charge in [-0.1, -0.05) is 6.07 Å². The van der Waals surface area contributed by atoms with E-state index in [0.29, 0.717) is 18.6 Å². The first kappa shape index (κ1) is 11.0. The monoisotopic (exact) mass is 285 g/mol. The van der Waals surface area contributed by atoms with E-state index in [1.54, 1.807) is 6.07 Å². The lowest BCUT2D eigenvalue weighted by Crippen LogP contribution is -2.75. The third kappa shape index (κ3) is 0.767. The van der Waals surface area contributed by atoms with Crippen molar-refractivity contribution in [3.63, 3.8) is 0 Å². The fourth-order valence-corrected chi connectivity index (χ4v) is 6.17. The minimum absolute atomic E-state index is 0.00666. The first-order valence-corrected chi connectivity index (χ1v) is 7.57. The molecule has 0 amide bonds. The smallest absolute Gasteiger partial charge is 0.174 e. The van der Waals surface area contributed by atoms with Gasteiger partial charge in [-0.25, -0.2) is 0 Å². The van der Waals surface area contributed by atoms with E-state index in [4.69, 9.17) is 4.74 Å². The largest absolute Gasteiger partial charge is 0.504 e. The van der Waals surface area contributed by atoms with Crippen molar-refractivity contribution >= 4 is 5.78 Å². The average molecular weight is 285 g/mol. The van der Waals surface area contributed by atoms with Gasteiger partial charge in [-0.2, -0.15) is 0 Å². The summed E-state index contributed by atoms with van der Waals surface area (Å²) in [7, 11) is 0. The summed E-state index contributed by atoms with van der Waals surface area (Å²) in [6.07, 6.45) is 0.960. The Morgan fingerprint density at radius 1 is 1.38 bits per heavy atom. The predicted molar refractivity (Wildman–Crippen MR) is 71.5 cm³/mol.